The lowest BCUT2D eigenvalue weighted by molar-refractivity contribution is 0.0697. The zero-order chi connectivity index (χ0) is 14.1. The van der Waals surface area contributed by atoms with Crippen molar-refractivity contribution in [2.75, 3.05) is 19.6 Å². The Hall–Kier alpha value is -1.88. The Labute approximate surface area is 117 Å². The molecule has 0 radical (unpaired) electrons. The van der Waals surface area contributed by atoms with E-state index < -0.39 is 5.97 Å². The third-order valence-electron chi connectivity index (χ3n) is 4.02. The second kappa shape index (κ2) is 5.25. The number of rotatable bonds is 4. The molecule has 5 heteroatoms. The van der Waals surface area contributed by atoms with Crippen LogP contribution in [0.4, 0.5) is 0 Å². The van der Waals surface area contributed by atoms with Gasteiger partial charge in [-0.2, -0.15) is 0 Å². The maximum absolute atomic E-state index is 11.0. The molecule has 1 aliphatic heterocycles. The number of aromatic nitrogens is 2. The Morgan fingerprint density at radius 1 is 1.40 bits per heavy atom. The molecular formula is C15H19N3O2. The molecule has 0 amide bonds. The summed E-state index contributed by atoms with van der Waals surface area (Å²) in [5.74, 6) is -0.911. The maximum Gasteiger partial charge on any atom is 0.335 e. The van der Waals surface area contributed by atoms with Gasteiger partial charge < -0.3 is 14.6 Å². The average Bonchev–Trinajstić information content (AvgIpc) is 3.06. The predicted octanol–water partition coefficient (Wildman–Crippen LogP) is 2.39. The van der Waals surface area contributed by atoms with Crippen molar-refractivity contribution in [2.24, 2.45) is 0 Å². The molecule has 3 rings (SSSR count). The van der Waals surface area contributed by atoms with Crippen LogP contribution in [0.3, 0.4) is 0 Å². The number of carboxylic acids is 1. The largest absolute Gasteiger partial charge is 0.478 e. The molecule has 0 aliphatic carbocycles. The number of carbonyl (C=O) groups is 1. The highest BCUT2D eigenvalue weighted by atomic mass is 16.4. The van der Waals surface area contributed by atoms with Crippen molar-refractivity contribution in [2.45, 2.75) is 25.8 Å². The van der Waals surface area contributed by atoms with E-state index in [2.05, 4.69) is 21.4 Å². The lowest BCUT2D eigenvalue weighted by atomic mass is 10.2. The minimum atomic E-state index is -0.911. The Balaban J connectivity index is 1.85. The van der Waals surface area contributed by atoms with Crippen LogP contribution < -0.4 is 0 Å². The van der Waals surface area contributed by atoms with E-state index >= 15 is 0 Å². The summed E-state index contributed by atoms with van der Waals surface area (Å²) in [5, 5.41) is 9.01. The van der Waals surface area contributed by atoms with Crippen LogP contribution in [0.2, 0.25) is 0 Å². The van der Waals surface area contributed by atoms with Gasteiger partial charge in [0.2, 0.25) is 0 Å². The molecule has 1 aromatic heterocycles. The van der Waals surface area contributed by atoms with Crippen LogP contribution >= 0.6 is 0 Å². The molecule has 1 unspecified atom stereocenters. The second-order valence-electron chi connectivity index (χ2n) is 5.52. The number of hydrogen-bond acceptors (Lipinski definition) is 3. The average molecular weight is 273 g/mol. The molecule has 5 nitrogen and oxygen atoms in total. The number of imidazole rings is 1. The lowest BCUT2D eigenvalue weighted by Gasteiger charge is -2.21. The van der Waals surface area contributed by atoms with Crippen LogP contribution in [0.15, 0.2) is 24.5 Å². The van der Waals surface area contributed by atoms with Gasteiger partial charge in [-0.3, -0.25) is 0 Å². The number of fused-ring (bicyclic) bond motifs is 1. The number of aromatic carboxylic acids is 1. The third kappa shape index (κ3) is 2.41. The topological polar surface area (TPSA) is 58.4 Å². The Kier molecular flexibility index (Phi) is 3.44. The van der Waals surface area contributed by atoms with Crippen molar-refractivity contribution in [3.63, 3.8) is 0 Å². The fourth-order valence-corrected chi connectivity index (χ4v) is 2.94. The zero-order valence-electron chi connectivity index (χ0n) is 11.6. The predicted molar refractivity (Wildman–Crippen MR) is 77.1 cm³/mol. The van der Waals surface area contributed by atoms with Crippen molar-refractivity contribution in [3.8, 4) is 0 Å². The summed E-state index contributed by atoms with van der Waals surface area (Å²) >= 11 is 0. The molecule has 106 valence electrons. The second-order valence-corrected chi connectivity index (χ2v) is 5.52. The third-order valence-corrected chi connectivity index (χ3v) is 4.02. The number of likely N-dealkylation sites (tertiary alicyclic amines) is 1. The highest BCUT2D eigenvalue weighted by Gasteiger charge is 2.17. The number of nitrogens with zero attached hydrogens (tertiary/aromatic N) is 3. The van der Waals surface area contributed by atoms with Gasteiger partial charge in [0.1, 0.15) is 0 Å². The molecule has 0 bridgehead atoms. The highest BCUT2D eigenvalue weighted by Crippen LogP contribution is 2.21. The van der Waals surface area contributed by atoms with Gasteiger partial charge in [0.05, 0.1) is 22.9 Å². The van der Waals surface area contributed by atoms with E-state index in [-0.39, 0.29) is 5.56 Å². The molecule has 2 aromatic rings. The molecule has 2 heterocycles. The molecule has 1 fully saturated rings. The molecular weight excluding hydrogens is 254 g/mol. The smallest absolute Gasteiger partial charge is 0.335 e. The van der Waals surface area contributed by atoms with Crippen LogP contribution in [-0.2, 0) is 0 Å². The molecule has 1 N–H and O–H groups in total. The maximum atomic E-state index is 11.0. The molecule has 1 atom stereocenters. The molecule has 0 saturated carbocycles. The van der Waals surface area contributed by atoms with Crippen molar-refractivity contribution in [1.82, 2.24) is 14.5 Å². The number of carboxylic acid groups (broad SMARTS) is 1. The van der Waals surface area contributed by atoms with Crippen LogP contribution in [0.5, 0.6) is 0 Å². The summed E-state index contributed by atoms with van der Waals surface area (Å²) in [6, 6.07) is 5.47. The van der Waals surface area contributed by atoms with Gasteiger partial charge in [0, 0.05) is 12.6 Å². The van der Waals surface area contributed by atoms with E-state index in [1.807, 2.05) is 12.4 Å². The minimum Gasteiger partial charge on any atom is -0.478 e. The van der Waals surface area contributed by atoms with E-state index in [4.69, 9.17) is 5.11 Å². The molecule has 1 aliphatic rings. The fourth-order valence-electron chi connectivity index (χ4n) is 2.94. The van der Waals surface area contributed by atoms with Crippen LogP contribution in [-0.4, -0.2) is 45.2 Å². The van der Waals surface area contributed by atoms with Crippen molar-refractivity contribution in [3.05, 3.63) is 30.1 Å². The summed E-state index contributed by atoms with van der Waals surface area (Å²) in [4.78, 5) is 17.8. The first-order chi connectivity index (χ1) is 9.65. The van der Waals surface area contributed by atoms with Gasteiger partial charge >= 0.3 is 5.97 Å². The first-order valence-electron chi connectivity index (χ1n) is 7.07. The summed E-state index contributed by atoms with van der Waals surface area (Å²) in [6.07, 6.45) is 4.40. The number of benzene rings is 1. The van der Waals surface area contributed by atoms with E-state index in [0.29, 0.717) is 6.04 Å². The lowest BCUT2D eigenvalue weighted by Crippen LogP contribution is -2.26. The van der Waals surface area contributed by atoms with Gasteiger partial charge in [-0.25, -0.2) is 9.78 Å². The normalized spacial score (nSPS) is 17.6. The van der Waals surface area contributed by atoms with E-state index in [1.165, 1.54) is 25.9 Å². The van der Waals surface area contributed by atoms with Crippen LogP contribution in [0, 0.1) is 0 Å². The molecule has 1 saturated heterocycles. The number of hydrogen-bond donors (Lipinski definition) is 1. The van der Waals surface area contributed by atoms with Crippen LogP contribution in [0.25, 0.3) is 11.0 Å². The van der Waals surface area contributed by atoms with Crippen molar-refractivity contribution in [1.29, 1.82) is 0 Å². The standard InChI is InChI=1S/C15H19N3O2/c1-11(9-17-6-2-3-7-17)18-10-16-13-8-12(15(19)20)4-5-14(13)18/h4-5,8,10-11H,2-3,6-7,9H2,1H3,(H,19,20). The zero-order valence-corrected chi connectivity index (χ0v) is 11.6. The first kappa shape index (κ1) is 13.1. The fraction of sp³-hybridized carbons (Fsp3) is 0.467. The minimum absolute atomic E-state index is 0.287. The first-order valence-corrected chi connectivity index (χ1v) is 7.07. The van der Waals surface area contributed by atoms with Gasteiger partial charge in [-0.15, -0.1) is 0 Å². The van der Waals surface area contributed by atoms with Gasteiger partial charge in [-0.05, 0) is 51.1 Å². The highest BCUT2D eigenvalue weighted by molar-refractivity contribution is 5.92. The monoisotopic (exact) mass is 273 g/mol. The van der Waals surface area contributed by atoms with Crippen molar-refractivity contribution >= 4 is 17.0 Å². The summed E-state index contributed by atoms with van der Waals surface area (Å²) in [6.45, 7) is 5.57. The Bertz CT molecular complexity index is 629. The molecule has 20 heavy (non-hydrogen) atoms. The Morgan fingerprint density at radius 3 is 2.85 bits per heavy atom. The van der Waals surface area contributed by atoms with E-state index in [1.54, 1.807) is 12.1 Å². The Morgan fingerprint density at radius 2 is 2.15 bits per heavy atom. The summed E-state index contributed by atoms with van der Waals surface area (Å²) < 4.78 is 2.14. The van der Waals surface area contributed by atoms with E-state index in [9.17, 15) is 4.79 Å². The molecule has 1 aromatic carbocycles. The van der Waals surface area contributed by atoms with Crippen molar-refractivity contribution < 1.29 is 9.90 Å². The van der Waals surface area contributed by atoms with E-state index in [0.717, 1.165) is 17.6 Å². The van der Waals surface area contributed by atoms with Crippen LogP contribution in [0.1, 0.15) is 36.2 Å². The summed E-state index contributed by atoms with van der Waals surface area (Å²) in [7, 11) is 0. The quantitative estimate of drug-likeness (QED) is 0.929. The van der Waals surface area contributed by atoms with Gasteiger partial charge in [-0.1, -0.05) is 0 Å². The summed E-state index contributed by atoms with van der Waals surface area (Å²) in [5.41, 5.74) is 2.04. The SMILES string of the molecule is CC(CN1CCCC1)n1cnc2cc(C(=O)O)ccc21. The molecule has 0 spiro atoms. The van der Waals surface area contributed by atoms with Gasteiger partial charge in [0.25, 0.3) is 0 Å². The van der Waals surface area contributed by atoms with Gasteiger partial charge in [0.15, 0.2) is 0 Å².